The number of aromatic nitrogens is 3. The summed E-state index contributed by atoms with van der Waals surface area (Å²) in [6, 6.07) is 5.13. The number of aliphatic hydroxyl groups is 1. The molecule has 4 heterocycles. The molecule has 12 heteroatoms. The normalized spacial score (nSPS) is 17.8. The average molecular weight is 503 g/mol. The zero-order valence-corrected chi connectivity index (χ0v) is 20.1. The number of hydrogen-bond acceptors (Lipinski definition) is 6. The molecule has 0 bridgehead atoms. The first-order valence-corrected chi connectivity index (χ1v) is 11.0. The molecule has 4 rings (SSSR count). The molecule has 1 saturated heterocycles. The number of aliphatic hydroxyl groups excluding tert-OH is 1. The zero-order valence-electron chi connectivity index (χ0n) is 19.3. The van der Waals surface area contributed by atoms with E-state index in [1.54, 1.807) is 26.8 Å². The van der Waals surface area contributed by atoms with Crippen molar-refractivity contribution in [2.75, 3.05) is 9.80 Å². The van der Waals surface area contributed by atoms with Crippen LogP contribution in [-0.2, 0) is 12.3 Å². The van der Waals surface area contributed by atoms with E-state index in [-0.39, 0.29) is 22.1 Å². The Hall–Kier alpha value is -3.56. The van der Waals surface area contributed by atoms with E-state index < -0.39 is 40.3 Å². The van der Waals surface area contributed by atoms with Gasteiger partial charge in [0.05, 0.1) is 28.7 Å². The summed E-state index contributed by atoms with van der Waals surface area (Å²) in [6.45, 7) is 5.68. The Bertz CT molecular complexity index is 1460. The van der Waals surface area contributed by atoms with E-state index >= 15 is 4.39 Å². The summed E-state index contributed by atoms with van der Waals surface area (Å²) in [5, 5.41) is 20.3. The molecule has 0 spiro atoms. The van der Waals surface area contributed by atoms with Gasteiger partial charge in [0.15, 0.2) is 22.8 Å². The topological polar surface area (TPSA) is 97.8 Å². The minimum Gasteiger partial charge on any atom is -0.371 e. The van der Waals surface area contributed by atoms with Crippen LogP contribution in [0.5, 0.6) is 0 Å². The van der Waals surface area contributed by atoms with Gasteiger partial charge in [0, 0.05) is 30.9 Å². The van der Waals surface area contributed by atoms with E-state index in [0.29, 0.717) is 19.0 Å². The monoisotopic (exact) mass is 502 g/mol. The summed E-state index contributed by atoms with van der Waals surface area (Å²) in [5.41, 5.74) is -2.26. The number of nitriles is 1. The molecule has 182 valence electrons. The van der Waals surface area contributed by atoms with Gasteiger partial charge in [-0.25, -0.2) is 23.1 Å². The maximum Gasteiger partial charge on any atom is 0.273 e. The van der Waals surface area contributed by atoms with Crippen molar-refractivity contribution in [2.24, 2.45) is 0 Å². The molecule has 3 aromatic heterocycles. The number of fused-ring (bicyclic) bond motifs is 1. The van der Waals surface area contributed by atoms with E-state index in [1.165, 1.54) is 22.1 Å². The first kappa shape index (κ1) is 24.6. The van der Waals surface area contributed by atoms with Gasteiger partial charge in [-0.3, -0.25) is 14.1 Å². The molecule has 1 aliphatic rings. The van der Waals surface area contributed by atoms with Crippen molar-refractivity contribution in [3.8, 4) is 6.07 Å². The summed E-state index contributed by atoms with van der Waals surface area (Å²) in [4.78, 5) is 23.2. The highest BCUT2D eigenvalue weighted by atomic mass is 32.1. The molecule has 1 aliphatic heterocycles. The molecule has 0 aliphatic carbocycles. The second kappa shape index (κ2) is 8.28. The second-order valence-electron chi connectivity index (χ2n) is 8.78. The van der Waals surface area contributed by atoms with Crippen molar-refractivity contribution >= 4 is 34.4 Å². The third-order valence-electron chi connectivity index (χ3n) is 5.96. The van der Waals surface area contributed by atoms with Crippen molar-refractivity contribution in [1.29, 1.82) is 5.26 Å². The SMILES string of the molecule is CCc1cc(=O)n2cc(N3C(=S)N(c4cnc(C#N)c(C(C)(F)F)c4)C(O)C3(C)C)cc(F)c2n1. The molecule has 0 saturated carbocycles. The third kappa shape index (κ3) is 3.90. The average Bonchev–Trinajstić information content (AvgIpc) is 2.96. The number of pyridine rings is 2. The van der Waals surface area contributed by atoms with E-state index in [1.807, 2.05) is 0 Å². The molecular formula is C23H21F3N6O2S. The number of nitrogens with zero attached hydrogens (tertiary/aromatic N) is 6. The van der Waals surface area contributed by atoms with Gasteiger partial charge in [-0.15, -0.1) is 0 Å². The third-order valence-corrected chi connectivity index (χ3v) is 6.33. The van der Waals surface area contributed by atoms with Crippen molar-refractivity contribution in [3.63, 3.8) is 0 Å². The molecule has 3 aromatic rings. The molecule has 0 radical (unpaired) electrons. The highest BCUT2D eigenvalue weighted by molar-refractivity contribution is 7.80. The van der Waals surface area contributed by atoms with Crippen LogP contribution in [0.15, 0.2) is 35.4 Å². The number of anilines is 2. The van der Waals surface area contributed by atoms with Gasteiger partial charge in [-0.2, -0.15) is 5.26 Å². The van der Waals surface area contributed by atoms with Gasteiger partial charge < -0.3 is 10.0 Å². The lowest BCUT2D eigenvalue weighted by molar-refractivity contribution is 0.0168. The molecule has 8 nitrogen and oxygen atoms in total. The maximum atomic E-state index is 15.1. The Morgan fingerprint density at radius 1 is 1.29 bits per heavy atom. The molecule has 35 heavy (non-hydrogen) atoms. The Morgan fingerprint density at radius 3 is 2.57 bits per heavy atom. The first-order valence-electron chi connectivity index (χ1n) is 10.6. The molecule has 1 unspecified atom stereocenters. The quantitative estimate of drug-likeness (QED) is 0.542. The second-order valence-corrected chi connectivity index (χ2v) is 9.15. The van der Waals surface area contributed by atoms with Crippen LogP contribution in [0.4, 0.5) is 24.5 Å². The predicted octanol–water partition coefficient (Wildman–Crippen LogP) is 3.48. The van der Waals surface area contributed by atoms with Crippen molar-refractivity contribution in [1.82, 2.24) is 14.4 Å². The largest absolute Gasteiger partial charge is 0.371 e. The number of rotatable bonds is 4. The molecular weight excluding hydrogens is 481 g/mol. The highest BCUT2D eigenvalue weighted by Gasteiger charge is 2.50. The maximum absolute atomic E-state index is 15.1. The number of hydrogen-bond donors (Lipinski definition) is 1. The van der Waals surface area contributed by atoms with Crippen LogP contribution in [0.25, 0.3) is 5.65 Å². The first-order chi connectivity index (χ1) is 16.3. The fourth-order valence-corrected chi connectivity index (χ4v) is 4.64. The Morgan fingerprint density at radius 2 is 1.97 bits per heavy atom. The zero-order chi connectivity index (χ0) is 25.9. The minimum atomic E-state index is -3.37. The van der Waals surface area contributed by atoms with E-state index in [4.69, 9.17) is 12.2 Å². The van der Waals surface area contributed by atoms with Crippen LogP contribution in [0, 0.1) is 17.1 Å². The Balaban J connectivity index is 1.86. The van der Waals surface area contributed by atoms with Crippen LogP contribution >= 0.6 is 12.2 Å². The molecule has 0 amide bonds. The molecule has 1 atom stereocenters. The fraction of sp³-hybridized carbons (Fsp3) is 0.348. The van der Waals surface area contributed by atoms with E-state index in [0.717, 1.165) is 22.7 Å². The Labute approximate surface area is 203 Å². The van der Waals surface area contributed by atoms with Gasteiger partial charge in [0.2, 0.25) is 0 Å². The van der Waals surface area contributed by atoms with Crippen LogP contribution in [0.3, 0.4) is 0 Å². The van der Waals surface area contributed by atoms with Crippen LogP contribution in [0.2, 0.25) is 0 Å². The fourth-order valence-electron chi connectivity index (χ4n) is 4.09. The van der Waals surface area contributed by atoms with Crippen molar-refractivity contribution in [3.05, 3.63) is 63.7 Å². The van der Waals surface area contributed by atoms with Crippen LogP contribution in [-0.4, -0.2) is 36.4 Å². The molecule has 1 fully saturated rings. The predicted molar refractivity (Wildman–Crippen MR) is 127 cm³/mol. The summed E-state index contributed by atoms with van der Waals surface area (Å²) in [7, 11) is 0. The smallest absolute Gasteiger partial charge is 0.273 e. The lowest BCUT2D eigenvalue weighted by Gasteiger charge is -2.33. The lowest BCUT2D eigenvalue weighted by atomic mass is 10.0. The lowest BCUT2D eigenvalue weighted by Crippen LogP contribution is -2.47. The number of halogens is 3. The van der Waals surface area contributed by atoms with Crippen LogP contribution < -0.4 is 15.4 Å². The standard InChI is InChI=1S/C23H21F3N6O2S/c1-5-12-6-18(33)30-11-14(8-16(24)19(30)29-12)32-21(35)31(20(34)22(32,2)3)13-7-15(23(4,25)26)17(9-27)28-10-13/h6-8,10-11,20,34H,5H2,1-4H3. The van der Waals surface area contributed by atoms with Gasteiger partial charge in [0.25, 0.3) is 11.5 Å². The van der Waals surface area contributed by atoms with Crippen molar-refractivity contribution in [2.45, 2.75) is 51.8 Å². The highest BCUT2D eigenvalue weighted by Crippen LogP contribution is 2.40. The Kier molecular flexibility index (Phi) is 5.81. The van der Waals surface area contributed by atoms with Crippen molar-refractivity contribution < 1.29 is 18.3 Å². The minimum absolute atomic E-state index is 0.0290. The summed E-state index contributed by atoms with van der Waals surface area (Å²) < 4.78 is 44.4. The number of alkyl halides is 2. The summed E-state index contributed by atoms with van der Waals surface area (Å²) in [5.74, 6) is -4.14. The number of aryl methyl sites for hydroxylation is 1. The van der Waals surface area contributed by atoms with Gasteiger partial charge in [0.1, 0.15) is 11.8 Å². The van der Waals surface area contributed by atoms with Gasteiger partial charge in [-0.1, -0.05) is 6.92 Å². The number of thiocarbonyl (C=S) groups is 1. The van der Waals surface area contributed by atoms with E-state index in [9.17, 15) is 23.9 Å². The molecule has 0 aromatic carbocycles. The van der Waals surface area contributed by atoms with Crippen LogP contribution in [0.1, 0.15) is 44.6 Å². The molecule has 1 N–H and O–H groups in total. The van der Waals surface area contributed by atoms with Gasteiger partial charge >= 0.3 is 0 Å². The summed E-state index contributed by atoms with van der Waals surface area (Å²) >= 11 is 5.57. The van der Waals surface area contributed by atoms with Gasteiger partial charge in [-0.05, 0) is 38.6 Å². The summed E-state index contributed by atoms with van der Waals surface area (Å²) in [6.07, 6.45) is 1.61. The van der Waals surface area contributed by atoms with E-state index in [2.05, 4.69) is 9.97 Å².